The van der Waals surface area contributed by atoms with Crippen LogP contribution in [0.1, 0.15) is 55.2 Å². The predicted octanol–water partition coefficient (Wildman–Crippen LogP) is 3.53. The summed E-state index contributed by atoms with van der Waals surface area (Å²) in [5, 5.41) is 4.70. The maximum atomic E-state index is 13.4. The molecule has 4 aliphatic rings. The van der Waals surface area contributed by atoms with Gasteiger partial charge in [0.2, 0.25) is 5.92 Å². The first kappa shape index (κ1) is 17.6. The number of rotatable bonds is 5. The maximum absolute atomic E-state index is 13.4. The topological polar surface area (TPSA) is 53.4 Å². The number of carbonyl (C=O) groups is 1. The molecule has 1 heterocycles. The Labute approximate surface area is 158 Å². The first-order valence-corrected chi connectivity index (χ1v) is 9.43. The van der Waals surface area contributed by atoms with Crippen LogP contribution < -0.4 is 0 Å². The van der Waals surface area contributed by atoms with Crippen molar-refractivity contribution in [2.75, 3.05) is 14.2 Å². The van der Waals surface area contributed by atoms with Gasteiger partial charge in [-0.05, 0) is 47.3 Å². The number of hydrogen-bond donors (Lipinski definition) is 0. The molecule has 8 heteroatoms. The van der Waals surface area contributed by atoms with Crippen LogP contribution in [0, 0.1) is 8.99 Å². The molecular formula is C17H21F2IN2O3. The molecule has 0 N–H and O–H groups in total. The largest absolute Gasteiger partial charge is 0.464 e. The normalized spacial score (nSPS) is 33.8. The highest BCUT2D eigenvalue weighted by Gasteiger charge is 2.71. The third kappa shape index (κ3) is 2.46. The second-order valence-corrected chi connectivity index (χ2v) is 9.46. The van der Waals surface area contributed by atoms with E-state index in [9.17, 15) is 13.6 Å². The van der Waals surface area contributed by atoms with Crippen molar-refractivity contribution in [3.63, 3.8) is 0 Å². The molecule has 25 heavy (non-hydrogen) atoms. The van der Waals surface area contributed by atoms with E-state index in [0.717, 1.165) is 28.5 Å². The molecule has 4 fully saturated rings. The molecule has 0 aromatic carbocycles. The lowest BCUT2D eigenvalue weighted by atomic mass is 9.40. The van der Waals surface area contributed by atoms with E-state index >= 15 is 0 Å². The molecule has 0 unspecified atom stereocenters. The number of esters is 1. The van der Waals surface area contributed by atoms with Crippen molar-refractivity contribution < 1.29 is 23.0 Å². The van der Waals surface area contributed by atoms with Crippen LogP contribution in [0.5, 0.6) is 0 Å². The molecule has 0 atom stereocenters. The summed E-state index contributed by atoms with van der Waals surface area (Å²) in [6, 6.07) is 0. The van der Waals surface area contributed by atoms with Crippen LogP contribution >= 0.6 is 22.6 Å². The van der Waals surface area contributed by atoms with E-state index in [2.05, 4.69) is 22.6 Å². The highest BCUT2D eigenvalue weighted by molar-refractivity contribution is 14.1. The quantitative estimate of drug-likeness (QED) is 0.493. The molecule has 0 radical (unpaired) electrons. The number of alkyl halides is 2. The molecule has 0 saturated heterocycles. The molecule has 4 saturated carbocycles. The first-order chi connectivity index (χ1) is 11.6. The van der Waals surface area contributed by atoms with Crippen molar-refractivity contribution in [3.05, 3.63) is 15.0 Å². The number of ether oxygens (including phenoxy) is 2. The van der Waals surface area contributed by atoms with Crippen molar-refractivity contribution in [2.45, 2.75) is 62.5 Å². The van der Waals surface area contributed by atoms with Gasteiger partial charge >= 0.3 is 5.97 Å². The Hall–Kier alpha value is -0.770. The van der Waals surface area contributed by atoms with Crippen molar-refractivity contribution in [3.8, 4) is 0 Å². The molecule has 138 valence electrons. The Morgan fingerprint density at radius 2 is 1.84 bits per heavy atom. The van der Waals surface area contributed by atoms with Crippen LogP contribution in [0.3, 0.4) is 0 Å². The molecule has 0 spiro atoms. The smallest absolute Gasteiger partial charge is 0.357 e. The zero-order valence-electron chi connectivity index (χ0n) is 14.5. The summed E-state index contributed by atoms with van der Waals surface area (Å²) in [7, 11) is 3.06. The molecule has 4 aliphatic carbocycles. The fraction of sp³-hybridized carbons (Fsp3) is 0.765. The summed E-state index contributed by atoms with van der Waals surface area (Å²) in [4.78, 5) is 12.3. The molecular weight excluding hydrogens is 445 g/mol. The number of hydrogen-bond acceptors (Lipinski definition) is 4. The van der Waals surface area contributed by atoms with E-state index in [1.807, 2.05) is 6.92 Å². The minimum absolute atomic E-state index is 0.0275. The van der Waals surface area contributed by atoms with E-state index in [4.69, 9.17) is 14.6 Å². The van der Waals surface area contributed by atoms with E-state index in [1.165, 1.54) is 7.11 Å². The number of halogens is 3. The van der Waals surface area contributed by atoms with Gasteiger partial charge in [0.25, 0.3) is 0 Å². The average Bonchev–Trinajstić information content (AvgIpc) is 2.70. The molecule has 1 aromatic rings. The van der Waals surface area contributed by atoms with Crippen LogP contribution in [-0.4, -0.2) is 41.5 Å². The summed E-state index contributed by atoms with van der Waals surface area (Å²) in [5.74, 6) is -3.08. The number of methoxy groups -OCH3 is 2. The average molecular weight is 466 g/mol. The summed E-state index contributed by atoms with van der Waals surface area (Å²) in [6.07, 6.45) is 2.35. The van der Waals surface area contributed by atoms with Gasteiger partial charge in [0.15, 0.2) is 5.69 Å². The zero-order chi connectivity index (χ0) is 18.3. The summed E-state index contributed by atoms with van der Waals surface area (Å²) < 4.78 is 39.5. The van der Waals surface area contributed by atoms with E-state index < -0.39 is 17.3 Å². The van der Waals surface area contributed by atoms with E-state index in [-0.39, 0.29) is 23.9 Å². The highest BCUT2D eigenvalue weighted by atomic mass is 127. The fourth-order valence-corrected chi connectivity index (χ4v) is 6.20. The third-order valence-corrected chi connectivity index (χ3v) is 7.11. The van der Waals surface area contributed by atoms with Crippen molar-refractivity contribution >= 4 is 28.6 Å². The van der Waals surface area contributed by atoms with Crippen LogP contribution in [0.25, 0.3) is 0 Å². The van der Waals surface area contributed by atoms with E-state index in [0.29, 0.717) is 12.2 Å². The van der Waals surface area contributed by atoms with Gasteiger partial charge < -0.3 is 9.47 Å². The molecule has 0 amide bonds. The number of carbonyl (C=O) groups excluding carboxylic acids is 1. The first-order valence-electron chi connectivity index (χ1n) is 8.35. The third-order valence-electron chi connectivity index (χ3n) is 6.09. The Morgan fingerprint density at radius 1 is 1.24 bits per heavy atom. The lowest BCUT2D eigenvalue weighted by Crippen LogP contribution is -2.70. The van der Waals surface area contributed by atoms with Gasteiger partial charge in [-0.15, -0.1) is 0 Å². The monoisotopic (exact) mass is 466 g/mol. The minimum atomic E-state index is -2.61. The second-order valence-electron chi connectivity index (χ2n) is 8.38. The van der Waals surface area contributed by atoms with Gasteiger partial charge in [-0.25, -0.2) is 13.6 Å². The number of nitrogens with zero attached hydrogens (tertiary/aromatic N) is 2. The standard InChI is InChI=1S/C17H21F2IN2O3/c1-14(4-17(18,19)5-14)9-22-11(13(23)24-2)10(20)12(21-22)15-6-16(7-15,8-15)25-3/h4-9H2,1-3H3. The SMILES string of the molecule is COC(=O)c1c(I)c(C23CC(OC)(C2)C3)nn1CC1(C)CC(F)(F)C1. The molecule has 2 bridgehead atoms. The van der Waals surface area contributed by atoms with Crippen LogP contribution in [0.15, 0.2) is 0 Å². The molecule has 1 aromatic heterocycles. The van der Waals surface area contributed by atoms with Crippen molar-refractivity contribution in [1.82, 2.24) is 9.78 Å². The lowest BCUT2D eigenvalue weighted by molar-refractivity contribution is -0.233. The Balaban J connectivity index is 1.65. The van der Waals surface area contributed by atoms with Gasteiger partial charge in [-0.1, -0.05) is 6.92 Å². The summed E-state index contributed by atoms with van der Waals surface area (Å²) in [6.45, 7) is 2.12. The summed E-state index contributed by atoms with van der Waals surface area (Å²) in [5.41, 5.74) is 0.657. The van der Waals surface area contributed by atoms with Gasteiger partial charge in [0.05, 0.1) is 22.0 Å². The maximum Gasteiger partial charge on any atom is 0.357 e. The van der Waals surface area contributed by atoms with E-state index in [1.54, 1.807) is 11.8 Å². The lowest BCUT2D eigenvalue weighted by Gasteiger charge is -2.68. The Kier molecular flexibility index (Phi) is 3.63. The van der Waals surface area contributed by atoms with Crippen LogP contribution in [0.2, 0.25) is 0 Å². The minimum Gasteiger partial charge on any atom is -0.464 e. The fourth-order valence-electron chi connectivity index (χ4n) is 5.02. The van der Waals surface area contributed by atoms with Crippen molar-refractivity contribution in [2.24, 2.45) is 5.41 Å². The van der Waals surface area contributed by atoms with Crippen LogP contribution in [0.4, 0.5) is 8.78 Å². The molecule has 5 rings (SSSR count). The molecule has 5 nitrogen and oxygen atoms in total. The van der Waals surface area contributed by atoms with Gasteiger partial charge in [0, 0.05) is 31.9 Å². The summed E-state index contributed by atoms with van der Waals surface area (Å²) >= 11 is 2.14. The molecule has 0 aliphatic heterocycles. The van der Waals surface area contributed by atoms with Gasteiger partial charge in [-0.2, -0.15) is 5.10 Å². The van der Waals surface area contributed by atoms with Gasteiger partial charge in [-0.3, -0.25) is 4.68 Å². The Bertz CT molecular complexity index is 734. The van der Waals surface area contributed by atoms with Gasteiger partial charge in [0.1, 0.15) is 0 Å². The highest BCUT2D eigenvalue weighted by Crippen LogP contribution is 2.69. The van der Waals surface area contributed by atoms with Crippen LogP contribution in [-0.2, 0) is 21.4 Å². The Morgan fingerprint density at radius 3 is 2.32 bits per heavy atom. The predicted molar refractivity (Wildman–Crippen MR) is 93.8 cm³/mol. The zero-order valence-corrected chi connectivity index (χ0v) is 16.7. The second kappa shape index (κ2) is 5.15. The van der Waals surface area contributed by atoms with Crippen molar-refractivity contribution in [1.29, 1.82) is 0 Å². The number of aromatic nitrogens is 2.